The van der Waals surface area contributed by atoms with E-state index in [1.807, 2.05) is 18.2 Å². The van der Waals surface area contributed by atoms with Crippen LogP contribution in [0.2, 0.25) is 5.02 Å². The average Bonchev–Trinajstić information content (AvgIpc) is 2.69. The molecule has 19 heavy (non-hydrogen) atoms. The van der Waals surface area contributed by atoms with Crippen LogP contribution in [0.15, 0.2) is 18.2 Å². The number of hydrogen-bond acceptors (Lipinski definition) is 3. The van der Waals surface area contributed by atoms with Crippen molar-refractivity contribution in [2.75, 3.05) is 5.75 Å². The average molecular weight is 299 g/mol. The number of carboxylic acid groups (broad SMARTS) is 1. The maximum Gasteiger partial charge on any atom is 0.313 e. The van der Waals surface area contributed by atoms with Crippen molar-refractivity contribution in [2.45, 2.75) is 25.6 Å². The van der Waals surface area contributed by atoms with Gasteiger partial charge in [0, 0.05) is 6.54 Å². The van der Waals surface area contributed by atoms with Gasteiger partial charge in [-0.3, -0.25) is 4.79 Å². The minimum atomic E-state index is -0.804. The third-order valence-corrected chi connectivity index (χ3v) is 3.92. The number of imidazole rings is 1. The molecule has 0 unspecified atom stereocenters. The molecule has 0 radical (unpaired) electrons. The molecule has 2 rings (SSSR count). The van der Waals surface area contributed by atoms with Crippen LogP contribution in [0.3, 0.4) is 0 Å². The highest BCUT2D eigenvalue weighted by Gasteiger charge is 2.13. The summed E-state index contributed by atoms with van der Waals surface area (Å²) in [6, 6.07) is 5.66. The predicted octanol–water partition coefficient (Wildman–Crippen LogP) is 3.42. The molecule has 0 saturated heterocycles. The summed E-state index contributed by atoms with van der Waals surface area (Å²) in [5.41, 5.74) is 1.81. The summed E-state index contributed by atoms with van der Waals surface area (Å²) in [7, 11) is 0. The van der Waals surface area contributed by atoms with Gasteiger partial charge in [-0.15, -0.1) is 11.8 Å². The minimum Gasteiger partial charge on any atom is -0.481 e. The van der Waals surface area contributed by atoms with Gasteiger partial charge in [0.1, 0.15) is 5.82 Å². The Morgan fingerprint density at radius 3 is 3.00 bits per heavy atom. The Balaban J connectivity index is 2.34. The highest BCUT2D eigenvalue weighted by molar-refractivity contribution is 7.99. The van der Waals surface area contributed by atoms with Crippen molar-refractivity contribution < 1.29 is 9.90 Å². The van der Waals surface area contributed by atoms with E-state index in [4.69, 9.17) is 16.7 Å². The van der Waals surface area contributed by atoms with Crippen molar-refractivity contribution in [3.8, 4) is 0 Å². The Morgan fingerprint density at radius 1 is 1.53 bits per heavy atom. The Morgan fingerprint density at radius 2 is 2.32 bits per heavy atom. The number of halogens is 1. The largest absolute Gasteiger partial charge is 0.481 e. The van der Waals surface area contributed by atoms with Crippen molar-refractivity contribution in [2.24, 2.45) is 0 Å². The molecule has 6 heteroatoms. The van der Waals surface area contributed by atoms with Crippen molar-refractivity contribution >= 4 is 40.4 Å². The molecule has 0 atom stereocenters. The molecule has 0 fully saturated rings. The first-order valence-electron chi connectivity index (χ1n) is 6.06. The first kappa shape index (κ1) is 14.2. The van der Waals surface area contributed by atoms with E-state index in [1.165, 1.54) is 11.8 Å². The molecule has 0 saturated carbocycles. The number of rotatable bonds is 6. The quantitative estimate of drug-likeness (QED) is 0.888. The van der Waals surface area contributed by atoms with E-state index in [2.05, 4.69) is 16.5 Å². The van der Waals surface area contributed by atoms with Crippen molar-refractivity contribution in [1.82, 2.24) is 9.55 Å². The lowest BCUT2D eigenvalue weighted by molar-refractivity contribution is -0.133. The lowest BCUT2D eigenvalue weighted by atomic mass is 10.3. The summed E-state index contributed by atoms with van der Waals surface area (Å²) < 4.78 is 2.09. The number of nitrogens with zero attached hydrogens (tertiary/aromatic N) is 2. The van der Waals surface area contributed by atoms with E-state index >= 15 is 0 Å². The van der Waals surface area contributed by atoms with Crippen LogP contribution in [-0.2, 0) is 17.1 Å². The second kappa shape index (κ2) is 6.30. The summed E-state index contributed by atoms with van der Waals surface area (Å²) in [6.07, 6.45) is 0.979. The normalized spacial score (nSPS) is 11.1. The van der Waals surface area contributed by atoms with E-state index in [-0.39, 0.29) is 5.75 Å². The minimum absolute atomic E-state index is 0.0864. The van der Waals surface area contributed by atoms with Crippen LogP contribution in [0.1, 0.15) is 19.2 Å². The highest BCUT2D eigenvalue weighted by Crippen LogP contribution is 2.26. The summed E-state index contributed by atoms with van der Waals surface area (Å²) in [5.74, 6) is 0.748. The summed E-state index contributed by atoms with van der Waals surface area (Å²) >= 11 is 7.58. The van der Waals surface area contributed by atoms with E-state index in [0.717, 1.165) is 29.8 Å². The van der Waals surface area contributed by atoms with E-state index in [1.54, 1.807) is 0 Å². The fourth-order valence-electron chi connectivity index (χ4n) is 1.99. The molecular weight excluding hydrogens is 284 g/mol. The number of aryl methyl sites for hydroxylation is 1. The van der Waals surface area contributed by atoms with Gasteiger partial charge in [0.2, 0.25) is 0 Å². The molecule has 0 aliphatic carbocycles. The van der Waals surface area contributed by atoms with Crippen molar-refractivity contribution in [1.29, 1.82) is 0 Å². The molecule has 0 spiro atoms. The van der Waals surface area contributed by atoms with Crippen LogP contribution in [0.25, 0.3) is 11.0 Å². The molecule has 0 aliphatic rings. The second-order valence-electron chi connectivity index (χ2n) is 4.17. The predicted molar refractivity (Wildman–Crippen MR) is 78.8 cm³/mol. The van der Waals surface area contributed by atoms with Gasteiger partial charge in [-0.2, -0.15) is 0 Å². The number of benzene rings is 1. The number of carboxylic acids is 1. The first-order chi connectivity index (χ1) is 9.13. The van der Waals surface area contributed by atoms with Crippen LogP contribution in [0.5, 0.6) is 0 Å². The van der Waals surface area contributed by atoms with Gasteiger partial charge in [0.15, 0.2) is 0 Å². The number of carbonyl (C=O) groups is 1. The monoisotopic (exact) mass is 298 g/mol. The van der Waals surface area contributed by atoms with E-state index in [0.29, 0.717) is 10.8 Å². The van der Waals surface area contributed by atoms with Gasteiger partial charge in [-0.25, -0.2) is 4.98 Å². The molecule has 1 N–H and O–H groups in total. The molecule has 0 bridgehead atoms. The maximum absolute atomic E-state index is 10.6. The number of aliphatic carboxylic acids is 1. The zero-order chi connectivity index (χ0) is 13.8. The molecule has 1 aromatic heterocycles. The van der Waals surface area contributed by atoms with E-state index in [9.17, 15) is 4.79 Å². The maximum atomic E-state index is 10.6. The number of hydrogen-bond donors (Lipinski definition) is 1. The zero-order valence-corrected chi connectivity index (χ0v) is 12.2. The van der Waals surface area contributed by atoms with Gasteiger partial charge in [-0.05, 0) is 18.6 Å². The van der Waals surface area contributed by atoms with Gasteiger partial charge < -0.3 is 9.67 Å². The van der Waals surface area contributed by atoms with Crippen LogP contribution in [-0.4, -0.2) is 26.4 Å². The molecule has 1 aromatic carbocycles. The smallest absolute Gasteiger partial charge is 0.313 e. The van der Waals surface area contributed by atoms with Crippen LogP contribution in [0.4, 0.5) is 0 Å². The second-order valence-corrected chi connectivity index (χ2v) is 5.57. The van der Waals surface area contributed by atoms with Crippen LogP contribution < -0.4 is 0 Å². The zero-order valence-electron chi connectivity index (χ0n) is 10.6. The molecule has 0 amide bonds. The number of para-hydroxylation sites is 1. The third kappa shape index (κ3) is 3.22. The lowest BCUT2D eigenvalue weighted by Gasteiger charge is -2.07. The third-order valence-electron chi connectivity index (χ3n) is 2.70. The number of thioether (sulfide) groups is 1. The molecule has 4 nitrogen and oxygen atoms in total. The number of fused-ring (bicyclic) bond motifs is 1. The molecule has 2 aromatic rings. The highest BCUT2D eigenvalue weighted by atomic mass is 35.5. The van der Waals surface area contributed by atoms with E-state index < -0.39 is 5.97 Å². The lowest BCUT2D eigenvalue weighted by Crippen LogP contribution is -2.04. The topological polar surface area (TPSA) is 55.1 Å². The Hall–Kier alpha value is -1.20. The summed E-state index contributed by atoms with van der Waals surface area (Å²) in [6.45, 7) is 2.93. The number of aromatic nitrogens is 2. The first-order valence-corrected chi connectivity index (χ1v) is 7.60. The van der Waals surface area contributed by atoms with Crippen LogP contribution >= 0.6 is 23.4 Å². The van der Waals surface area contributed by atoms with Gasteiger partial charge in [-0.1, -0.05) is 24.6 Å². The molecule has 0 aliphatic heterocycles. The summed E-state index contributed by atoms with van der Waals surface area (Å²) in [5, 5.41) is 9.37. The standard InChI is InChI=1S/C13H15ClN2O2S/c1-2-6-16-11(7-19-8-12(17)18)15-10-5-3-4-9(14)13(10)16/h3-5H,2,6-8H2,1H3,(H,17,18). The van der Waals surface area contributed by atoms with Crippen LogP contribution in [0, 0.1) is 0 Å². The summed E-state index contributed by atoms with van der Waals surface area (Å²) in [4.78, 5) is 15.1. The SMILES string of the molecule is CCCn1c(CSCC(=O)O)nc2cccc(Cl)c21. The molecule has 102 valence electrons. The van der Waals surface area contributed by atoms with Gasteiger partial charge in [0.05, 0.1) is 27.6 Å². The fourth-order valence-corrected chi connectivity index (χ4v) is 2.95. The Bertz CT molecular complexity index is 598. The molecular formula is C13H15ClN2O2S. The van der Waals surface area contributed by atoms with Crippen molar-refractivity contribution in [3.63, 3.8) is 0 Å². The van der Waals surface area contributed by atoms with Gasteiger partial charge >= 0.3 is 5.97 Å². The Kier molecular flexibility index (Phi) is 4.71. The van der Waals surface area contributed by atoms with Gasteiger partial charge in [0.25, 0.3) is 0 Å². The Labute approximate surface area is 120 Å². The van der Waals surface area contributed by atoms with Crippen molar-refractivity contribution in [3.05, 3.63) is 29.0 Å². The molecule has 1 heterocycles. The fraction of sp³-hybridized carbons (Fsp3) is 0.385.